The van der Waals surface area contributed by atoms with Crippen molar-refractivity contribution in [2.75, 3.05) is 19.7 Å². The van der Waals surface area contributed by atoms with Crippen LogP contribution in [0.2, 0.25) is 0 Å². The first-order valence-electron chi connectivity index (χ1n) is 7.05. The van der Waals surface area contributed by atoms with Crippen LogP contribution in [-0.2, 0) is 6.54 Å². The molecule has 0 unspecified atom stereocenters. The quantitative estimate of drug-likeness (QED) is 0.858. The highest BCUT2D eigenvalue weighted by atomic mass is 32.1. The summed E-state index contributed by atoms with van der Waals surface area (Å²) in [4.78, 5) is 3.87. The van der Waals surface area contributed by atoms with Crippen molar-refractivity contribution in [1.82, 2.24) is 4.90 Å². The number of hydrogen-bond donors (Lipinski definition) is 1. The van der Waals surface area contributed by atoms with Crippen molar-refractivity contribution in [3.05, 3.63) is 21.9 Å². The lowest BCUT2D eigenvalue weighted by molar-refractivity contribution is 0.110. The van der Waals surface area contributed by atoms with Gasteiger partial charge in [-0.05, 0) is 42.8 Å². The molecule has 0 saturated carbocycles. The summed E-state index contributed by atoms with van der Waals surface area (Å²) in [6, 6.07) is 2.06. The number of aliphatic hydroxyl groups excluding tert-OH is 1. The van der Waals surface area contributed by atoms with Gasteiger partial charge in [0.15, 0.2) is 0 Å². The lowest BCUT2D eigenvalue weighted by Crippen LogP contribution is -2.37. The number of rotatable bonds is 3. The third-order valence-corrected chi connectivity index (χ3v) is 5.24. The summed E-state index contributed by atoms with van der Waals surface area (Å²) in [5, 5.41) is 10.9. The molecule has 2 nitrogen and oxygen atoms in total. The zero-order valence-electron chi connectivity index (χ0n) is 11.9. The molecule has 19 heavy (non-hydrogen) atoms. The van der Waals surface area contributed by atoms with Crippen molar-refractivity contribution in [1.29, 1.82) is 0 Å². The molecular weight excluding hydrogens is 254 g/mol. The van der Waals surface area contributed by atoms with Gasteiger partial charge in [-0.25, -0.2) is 0 Å². The Morgan fingerprint density at radius 2 is 2.16 bits per heavy atom. The SMILES string of the molecule is CCC1(C)CCN(Cc2sccc2C#CCO)CC1. The third-order valence-electron chi connectivity index (χ3n) is 4.33. The van der Waals surface area contributed by atoms with E-state index in [9.17, 15) is 0 Å². The first kappa shape index (κ1) is 14.6. The Morgan fingerprint density at radius 3 is 2.79 bits per heavy atom. The van der Waals surface area contributed by atoms with Gasteiger partial charge in [0.25, 0.3) is 0 Å². The number of piperidine rings is 1. The molecular formula is C16H23NOS. The third kappa shape index (κ3) is 3.82. The van der Waals surface area contributed by atoms with E-state index in [0.29, 0.717) is 5.41 Å². The topological polar surface area (TPSA) is 23.5 Å². The fourth-order valence-electron chi connectivity index (χ4n) is 2.52. The van der Waals surface area contributed by atoms with Crippen LogP contribution in [0.25, 0.3) is 0 Å². The first-order valence-corrected chi connectivity index (χ1v) is 7.93. The van der Waals surface area contributed by atoms with Gasteiger partial charge in [-0.2, -0.15) is 0 Å². The highest BCUT2D eigenvalue weighted by Crippen LogP contribution is 2.34. The monoisotopic (exact) mass is 277 g/mol. The molecule has 1 aromatic rings. The molecule has 0 spiro atoms. The zero-order chi connectivity index (χ0) is 13.7. The number of nitrogens with zero attached hydrogens (tertiary/aromatic N) is 1. The number of thiophene rings is 1. The molecule has 2 heterocycles. The Balaban J connectivity index is 1.94. The molecule has 104 valence electrons. The van der Waals surface area contributed by atoms with Gasteiger partial charge in [0.1, 0.15) is 6.61 Å². The van der Waals surface area contributed by atoms with Crippen molar-refractivity contribution in [2.24, 2.45) is 5.41 Å². The van der Waals surface area contributed by atoms with E-state index >= 15 is 0 Å². The average Bonchev–Trinajstić information content (AvgIpc) is 2.86. The van der Waals surface area contributed by atoms with Crippen LogP contribution in [0.15, 0.2) is 11.4 Å². The Bertz CT molecular complexity index is 461. The fourth-order valence-corrected chi connectivity index (χ4v) is 3.39. The number of hydrogen-bond acceptors (Lipinski definition) is 3. The van der Waals surface area contributed by atoms with Crippen LogP contribution in [0, 0.1) is 17.3 Å². The minimum atomic E-state index is -0.0617. The van der Waals surface area contributed by atoms with E-state index in [1.807, 2.05) is 0 Å². The van der Waals surface area contributed by atoms with E-state index in [1.165, 1.54) is 37.2 Å². The van der Waals surface area contributed by atoms with Crippen molar-refractivity contribution < 1.29 is 5.11 Å². The normalized spacial score (nSPS) is 18.9. The van der Waals surface area contributed by atoms with Gasteiger partial charge in [0.2, 0.25) is 0 Å². The van der Waals surface area contributed by atoms with Crippen LogP contribution in [0.1, 0.15) is 43.6 Å². The second kappa shape index (κ2) is 6.56. The van der Waals surface area contributed by atoms with Gasteiger partial charge in [0, 0.05) is 17.0 Å². The Morgan fingerprint density at radius 1 is 1.42 bits per heavy atom. The standard InChI is InChI=1S/C16H23NOS/c1-3-16(2)7-9-17(10-8-16)13-15-14(5-4-11-18)6-12-19-15/h6,12,18H,3,7-11,13H2,1-2H3. The molecule has 1 aliphatic heterocycles. The molecule has 0 aliphatic carbocycles. The minimum Gasteiger partial charge on any atom is -0.384 e. The molecule has 0 aromatic carbocycles. The van der Waals surface area contributed by atoms with Gasteiger partial charge in [0.05, 0.1) is 0 Å². The minimum absolute atomic E-state index is 0.0617. The Kier molecular flexibility index (Phi) is 5.04. The van der Waals surface area contributed by atoms with Crippen LogP contribution < -0.4 is 0 Å². The molecule has 0 bridgehead atoms. The molecule has 1 aliphatic rings. The van der Waals surface area contributed by atoms with Crippen LogP contribution in [0.3, 0.4) is 0 Å². The second-order valence-electron chi connectivity index (χ2n) is 5.66. The molecule has 0 amide bonds. The Labute approximate surface area is 120 Å². The van der Waals surface area contributed by atoms with Crippen LogP contribution in [-0.4, -0.2) is 29.7 Å². The van der Waals surface area contributed by atoms with Gasteiger partial charge < -0.3 is 5.11 Å². The van der Waals surface area contributed by atoms with Gasteiger partial charge in [-0.1, -0.05) is 32.1 Å². The molecule has 1 saturated heterocycles. The van der Waals surface area contributed by atoms with Crippen molar-refractivity contribution in [2.45, 2.75) is 39.7 Å². The van der Waals surface area contributed by atoms with Crippen molar-refractivity contribution in [3.63, 3.8) is 0 Å². The number of likely N-dealkylation sites (tertiary alicyclic amines) is 1. The van der Waals surface area contributed by atoms with Gasteiger partial charge in [-0.3, -0.25) is 4.90 Å². The van der Waals surface area contributed by atoms with Crippen LogP contribution in [0.5, 0.6) is 0 Å². The summed E-state index contributed by atoms with van der Waals surface area (Å²) < 4.78 is 0. The number of aliphatic hydroxyl groups is 1. The average molecular weight is 277 g/mol. The summed E-state index contributed by atoms with van der Waals surface area (Å²) >= 11 is 1.77. The van der Waals surface area contributed by atoms with E-state index in [-0.39, 0.29) is 6.61 Å². The van der Waals surface area contributed by atoms with E-state index in [4.69, 9.17) is 5.11 Å². The molecule has 0 atom stereocenters. The largest absolute Gasteiger partial charge is 0.384 e. The maximum atomic E-state index is 8.78. The predicted octanol–water partition coefficient (Wildman–Crippen LogP) is 3.10. The summed E-state index contributed by atoms with van der Waals surface area (Å²) in [5.41, 5.74) is 1.63. The summed E-state index contributed by atoms with van der Waals surface area (Å²) in [5.74, 6) is 5.79. The smallest absolute Gasteiger partial charge is 0.104 e. The van der Waals surface area contributed by atoms with E-state index < -0.39 is 0 Å². The Hall–Kier alpha value is -0.820. The summed E-state index contributed by atoms with van der Waals surface area (Å²) in [6.07, 6.45) is 3.88. The first-order chi connectivity index (χ1) is 9.17. The van der Waals surface area contributed by atoms with E-state index in [2.05, 4.69) is 42.0 Å². The lowest BCUT2D eigenvalue weighted by atomic mass is 9.78. The summed E-state index contributed by atoms with van der Waals surface area (Å²) in [7, 11) is 0. The molecule has 1 fully saturated rings. The predicted molar refractivity (Wildman–Crippen MR) is 81.2 cm³/mol. The van der Waals surface area contributed by atoms with Crippen LogP contribution in [0.4, 0.5) is 0 Å². The van der Waals surface area contributed by atoms with Gasteiger partial charge >= 0.3 is 0 Å². The van der Waals surface area contributed by atoms with Crippen molar-refractivity contribution in [3.8, 4) is 11.8 Å². The van der Waals surface area contributed by atoms with E-state index in [1.54, 1.807) is 11.3 Å². The second-order valence-corrected chi connectivity index (χ2v) is 6.66. The van der Waals surface area contributed by atoms with E-state index in [0.717, 1.165) is 12.1 Å². The van der Waals surface area contributed by atoms with Gasteiger partial charge in [-0.15, -0.1) is 11.3 Å². The molecule has 2 rings (SSSR count). The summed E-state index contributed by atoms with van der Waals surface area (Å²) in [6.45, 7) is 8.04. The molecule has 1 aromatic heterocycles. The molecule has 1 N–H and O–H groups in total. The highest BCUT2D eigenvalue weighted by molar-refractivity contribution is 7.10. The maximum Gasteiger partial charge on any atom is 0.104 e. The zero-order valence-corrected chi connectivity index (χ0v) is 12.7. The molecule has 3 heteroatoms. The maximum absolute atomic E-state index is 8.78. The van der Waals surface area contributed by atoms with Crippen molar-refractivity contribution >= 4 is 11.3 Å². The van der Waals surface area contributed by atoms with Crippen LogP contribution >= 0.6 is 11.3 Å². The lowest BCUT2D eigenvalue weighted by Gasteiger charge is -2.38. The fraction of sp³-hybridized carbons (Fsp3) is 0.625. The molecule has 0 radical (unpaired) electrons. The highest BCUT2D eigenvalue weighted by Gasteiger charge is 2.28.